The van der Waals surface area contributed by atoms with E-state index in [4.69, 9.17) is 10.5 Å². The summed E-state index contributed by atoms with van der Waals surface area (Å²) in [4.78, 5) is 24.4. The van der Waals surface area contributed by atoms with E-state index in [1.165, 1.54) is 12.1 Å². The third kappa shape index (κ3) is 5.07. The third-order valence-corrected chi connectivity index (χ3v) is 3.86. The van der Waals surface area contributed by atoms with E-state index >= 15 is 0 Å². The topological polar surface area (TPSA) is 98.7 Å². The molecule has 8 heteroatoms. The minimum Gasteiger partial charge on any atom is -0.486 e. The van der Waals surface area contributed by atoms with E-state index < -0.39 is 4.92 Å². The number of nitro groups is 1. The first-order valence-corrected chi connectivity index (χ1v) is 7.49. The number of amides is 1. The van der Waals surface area contributed by atoms with E-state index in [-0.39, 0.29) is 48.8 Å². The molecule has 1 fully saturated rings. The van der Waals surface area contributed by atoms with E-state index in [0.29, 0.717) is 6.54 Å². The van der Waals surface area contributed by atoms with Crippen molar-refractivity contribution in [2.75, 3.05) is 19.7 Å². The normalized spacial score (nSPS) is 17.3. The van der Waals surface area contributed by atoms with Gasteiger partial charge in [0.25, 0.3) is 0 Å². The summed E-state index contributed by atoms with van der Waals surface area (Å²) in [6.45, 7) is 1.32. The zero-order chi connectivity index (χ0) is 15.9. The van der Waals surface area contributed by atoms with Crippen LogP contribution in [0, 0.1) is 10.1 Å². The molecule has 1 atom stereocenters. The lowest BCUT2D eigenvalue weighted by molar-refractivity contribution is -0.385. The molecule has 23 heavy (non-hydrogen) atoms. The van der Waals surface area contributed by atoms with Gasteiger partial charge < -0.3 is 15.4 Å². The fraction of sp³-hybridized carbons (Fsp3) is 0.533. The molecule has 1 amide bonds. The van der Waals surface area contributed by atoms with E-state index in [0.717, 1.165) is 25.8 Å². The molecule has 0 spiro atoms. The highest BCUT2D eigenvalue weighted by Crippen LogP contribution is 2.26. The van der Waals surface area contributed by atoms with Gasteiger partial charge in [0, 0.05) is 25.2 Å². The lowest BCUT2D eigenvalue weighted by Crippen LogP contribution is -2.47. The predicted octanol–water partition coefficient (Wildman–Crippen LogP) is 2.13. The third-order valence-electron chi connectivity index (χ3n) is 3.86. The fourth-order valence-electron chi connectivity index (χ4n) is 2.70. The number of hydrogen-bond donors (Lipinski definition) is 1. The van der Waals surface area contributed by atoms with Gasteiger partial charge in [0.2, 0.25) is 5.91 Å². The fourth-order valence-corrected chi connectivity index (χ4v) is 2.70. The molecule has 1 saturated heterocycles. The molecule has 1 aromatic rings. The van der Waals surface area contributed by atoms with Crippen molar-refractivity contribution >= 4 is 24.0 Å². The van der Waals surface area contributed by atoms with Gasteiger partial charge in [-0.05, 0) is 25.3 Å². The Kier molecular flexibility index (Phi) is 7.77. The first-order valence-electron chi connectivity index (χ1n) is 7.49. The number of nitro benzene ring substituents is 1. The average molecular weight is 344 g/mol. The molecule has 7 nitrogen and oxygen atoms in total. The van der Waals surface area contributed by atoms with Crippen molar-refractivity contribution < 1.29 is 14.5 Å². The Hall–Kier alpha value is -1.86. The van der Waals surface area contributed by atoms with Crippen LogP contribution in [0.5, 0.6) is 5.75 Å². The van der Waals surface area contributed by atoms with Crippen molar-refractivity contribution in [1.29, 1.82) is 0 Å². The molecule has 0 saturated carbocycles. The zero-order valence-corrected chi connectivity index (χ0v) is 13.7. The maximum absolute atomic E-state index is 12.2. The van der Waals surface area contributed by atoms with Gasteiger partial charge in [-0.3, -0.25) is 14.9 Å². The second-order valence-electron chi connectivity index (χ2n) is 5.30. The summed E-state index contributed by atoms with van der Waals surface area (Å²) in [5, 5.41) is 10.9. The number of likely N-dealkylation sites (tertiary alicyclic amines) is 1. The molecule has 1 heterocycles. The molecule has 0 radical (unpaired) electrons. The highest BCUT2D eigenvalue weighted by atomic mass is 35.5. The molecular formula is C15H22ClN3O4. The Morgan fingerprint density at radius 3 is 2.83 bits per heavy atom. The molecule has 1 aromatic carbocycles. The van der Waals surface area contributed by atoms with Gasteiger partial charge in [-0.25, -0.2) is 0 Å². The number of benzene rings is 1. The summed E-state index contributed by atoms with van der Waals surface area (Å²) in [6.07, 6.45) is 3.22. The second-order valence-corrected chi connectivity index (χ2v) is 5.30. The Morgan fingerprint density at radius 2 is 2.13 bits per heavy atom. The SMILES string of the molecule is Cl.NCC1CCCCN1C(=O)CCOc1ccccc1[N+](=O)[O-]. The lowest BCUT2D eigenvalue weighted by Gasteiger charge is -2.35. The van der Waals surface area contributed by atoms with Crippen LogP contribution in [0.25, 0.3) is 0 Å². The largest absolute Gasteiger partial charge is 0.486 e. The summed E-state index contributed by atoms with van der Waals surface area (Å²) >= 11 is 0. The van der Waals surface area contributed by atoms with Gasteiger partial charge in [0.1, 0.15) is 0 Å². The van der Waals surface area contributed by atoms with Crippen LogP contribution in [-0.2, 0) is 4.79 Å². The number of hydrogen-bond acceptors (Lipinski definition) is 5. The molecule has 1 aliphatic rings. The van der Waals surface area contributed by atoms with Crippen molar-refractivity contribution in [2.45, 2.75) is 31.7 Å². The summed E-state index contributed by atoms with van der Waals surface area (Å²) in [6, 6.07) is 6.26. The van der Waals surface area contributed by atoms with Crippen LogP contribution in [0.2, 0.25) is 0 Å². The number of rotatable bonds is 6. The lowest BCUT2D eigenvalue weighted by atomic mass is 10.0. The van der Waals surface area contributed by atoms with Crippen LogP contribution in [0.15, 0.2) is 24.3 Å². The monoisotopic (exact) mass is 343 g/mol. The molecule has 2 rings (SSSR count). The number of ether oxygens (including phenoxy) is 1. The summed E-state index contributed by atoms with van der Waals surface area (Å²) in [7, 11) is 0. The number of nitrogens with two attached hydrogens (primary N) is 1. The van der Waals surface area contributed by atoms with Crippen molar-refractivity contribution in [1.82, 2.24) is 4.90 Å². The highest BCUT2D eigenvalue weighted by molar-refractivity contribution is 5.85. The van der Waals surface area contributed by atoms with Crippen LogP contribution >= 0.6 is 12.4 Å². The van der Waals surface area contributed by atoms with Crippen LogP contribution < -0.4 is 10.5 Å². The van der Waals surface area contributed by atoms with E-state index in [1.807, 2.05) is 4.90 Å². The summed E-state index contributed by atoms with van der Waals surface area (Å²) < 4.78 is 5.41. The van der Waals surface area contributed by atoms with Gasteiger partial charge in [-0.2, -0.15) is 0 Å². The van der Waals surface area contributed by atoms with E-state index in [9.17, 15) is 14.9 Å². The van der Waals surface area contributed by atoms with Gasteiger partial charge in [0.15, 0.2) is 5.75 Å². The number of carbonyl (C=O) groups excluding carboxylic acids is 1. The molecule has 0 aromatic heterocycles. The van der Waals surface area contributed by atoms with Crippen molar-refractivity contribution in [2.24, 2.45) is 5.73 Å². The minimum atomic E-state index is -0.494. The van der Waals surface area contributed by atoms with Gasteiger partial charge in [0.05, 0.1) is 18.0 Å². The maximum Gasteiger partial charge on any atom is 0.310 e. The minimum absolute atomic E-state index is 0. The zero-order valence-electron chi connectivity index (χ0n) is 12.8. The summed E-state index contributed by atoms with van der Waals surface area (Å²) in [5.41, 5.74) is 5.61. The first-order chi connectivity index (χ1) is 10.6. The number of para-hydroxylation sites is 2. The number of halogens is 1. The first kappa shape index (κ1) is 19.2. The standard InChI is InChI=1S/C15H21N3O4.ClH/c16-11-12-5-3-4-9-17(12)15(19)8-10-22-14-7-2-1-6-13(14)18(20)21;/h1-2,6-7,12H,3-5,8-11,16H2;1H. The van der Waals surface area contributed by atoms with E-state index in [1.54, 1.807) is 12.1 Å². The van der Waals surface area contributed by atoms with Gasteiger partial charge in [-0.1, -0.05) is 12.1 Å². The predicted molar refractivity (Wildman–Crippen MR) is 88.9 cm³/mol. The Labute approximate surface area is 141 Å². The van der Waals surface area contributed by atoms with Crippen molar-refractivity contribution in [3.05, 3.63) is 34.4 Å². The molecule has 1 aliphatic heterocycles. The Balaban J connectivity index is 0.00000264. The molecule has 0 aliphatic carbocycles. The van der Waals surface area contributed by atoms with Crippen LogP contribution in [0.1, 0.15) is 25.7 Å². The molecule has 0 bridgehead atoms. The van der Waals surface area contributed by atoms with Gasteiger partial charge in [-0.15, -0.1) is 12.4 Å². The Morgan fingerprint density at radius 1 is 1.39 bits per heavy atom. The number of piperidine rings is 1. The quantitative estimate of drug-likeness (QED) is 0.630. The molecule has 2 N–H and O–H groups in total. The highest BCUT2D eigenvalue weighted by Gasteiger charge is 2.25. The van der Waals surface area contributed by atoms with Crippen LogP contribution in [0.4, 0.5) is 5.69 Å². The van der Waals surface area contributed by atoms with Crippen molar-refractivity contribution in [3.63, 3.8) is 0 Å². The summed E-state index contributed by atoms with van der Waals surface area (Å²) in [5.74, 6) is 0.183. The molecule has 128 valence electrons. The van der Waals surface area contributed by atoms with Gasteiger partial charge >= 0.3 is 5.69 Å². The van der Waals surface area contributed by atoms with Crippen LogP contribution in [0.3, 0.4) is 0 Å². The van der Waals surface area contributed by atoms with E-state index in [2.05, 4.69) is 0 Å². The second kappa shape index (κ2) is 9.32. The molecular weight excluding hydrogens is 322 g/mol. The number of nitrogens with zero attached hydrogens (tertiary/aromatic N) is 2. The maximum atomic E-state index is 12.2. The van der Waals surface area contributed by atoms with Crippen molar-refractivity contribution in [3.8, 4) is 5.75 Å². The van der Waals surface area contributed by atoms with Crippen LogP contribution in [-0.4, -0.2) is 41.5 Å². The Bertz CT molecular complexity index is 541. The smallest absolute Gasteiger partial charge is 0.310 e. The molecule has 1 unspecified atom stereocenters. The average Bonchev–Trinajstić information content (AvgIpc) is 2.55. The number of carbonyl (C=O) groups is 1.